The number of amides is 1. The van der Waals surface area contributed by atoms with Crippen LogP contribution in [0.3, 0.4) is 0 Å². The standard InChI is InChI=1S/C12H15BrN2O3/c1-7-5-9(3-4-10(7)13)15-11(16)6-14-8(2)12(17)18/h3-5,8,14H,6H2,1-2H3,(H,15,16)(H,17,18)/t8-/m0/s1. The van der Waals surface area contributed by atoms with Crippen LogP contribution in [0.5, 0.6) is 0 Å². The van der Waals surface area contributed by atoms with Crippen molar-refractivity contribution in [1.82, 2.24) is 5.32 Å². The molecule has 0 spiro atoms. The lowest BCUT2D eigenvalue weighted by molar-refractivity contribution is -0.139. The van der Waals surface area contributed by atoms with Crippen LogP contribution in [0.4, 0.5) is 5.69 Å². The summed E-state index contributed by atoms with van der Waals surface area (Å²) in [5.41, 5.74) is 1.70. The molecule has 0 aliphatic heterocycles. The molecule has 0 radical (unpaired) electrons. The molecule has 98 valence electrons. The molecular weight excluding hydrogens is 300 g/mol. The van der Waals surface area contributed by atoms with Crippen LogP contribution >= 0.6 is 15.9 Å². The fourth-order valence-electron chi connectivity index (χ4n) is 1.26. The molecule has 0 fully saturated rings. The van der Waals surface area contributed by atoms with Gasteiger partial charge in [-0.05, 0) is 37.6 Å². The van der Waals surface area contributed by atoms with Crippen molar-refractivity contribution in [2.24, 2.45) is 0 Å². The van der Waals surface area contributed by atoms with Crippen LogP contribution in [0.25, 0.3) is 0 Å². The first-order valence-electron chi connectivity index (χ1n) is 5.42. The first kappa shape index (κ1) is 14.7. The van der Waals surface area contributed by atoms with Crippen LogP contribution in [0.15, 0.2) is 22.7 Å². The number of benzene rings is 1. The highest BCUT2D eigenvalue weighted by Crippen LogP contribution is 2.19. The smallest absolute Gasteiger partial charge is 0.320 e. The Morgan fingerprint density at radius 2 is 2.11 bits per heavy atom. The fraction of sp³-hybridized carbons (Fsp3) is 0.333. The molecule has 1 aromatic rings. The number of aryl methyl sites for hydroxylation is 1. The Bertz CT molecular complexity index is 463. The van der Waals surface area contributed by atoms with Gasteiger partial charge in [-0.3, -0.25) is 14.9 Å². The number of hydrogen-bond acceptors (Lipinski definition) is 3. The molecule has 6 heteroatoms. The first-order valence-corrected chi connectivity index (χ1v) is 6.21. The molecule has 5 nitrogen and oxygen atoms in total. The van der Waals surface area contributed by atoms with Crippen molar-refractivity contribution in [3.63, 3.8) is 0 Å². The van der Waals surface area contributed by atoms with Crippen LogP contribution < -0.4 is 10.6 Å². The van der Waals surface area contributed by atoms with Crippen molar-refractivity contribution >= 4 is 33.5 Å². The minimum absolute atomic E-state index is 0.0391. The lowest BCUT2D eigenvalue weighted by Crippen LogP contribution is -2.39. The van der Waals surface area contributed by atoms with Gasteiger partial charge < -0.3 is 10.4 Å². The van der Waals surface area contributed by atoms with E-state index in [9.17, 15) is 9.59 Å². The maximum absolute atomic E-state index is 11.6. The quantitative estimate of drug-likeness (QED) is 0.774. The Kier molecular flexibility index (Phi) is 5.30. The van der Waals surface area contributed by atoms with E-state index in [1.807, 2.05) is 19.1 Å². The maximum Gasteiger partial charge on any atom is 0.320 e. The number of carbonyl (C=O) groups is 2. The van der Waals surface area contributed by atoms with Crippen molar-refractivity contribution < 1.29 is 14.7 Å². The van der Waals surface area contributed by atoms with Gasteiger partial charge in [-0.25, -0.2) is 0 Å². The number of carbonyl (C=O) groups excluding carboxylic acids is 1. The van der Waals surface area contributed by atoms with Gasteiger partial charge in [-0.2, -0.15) is 0 Å². The Morgan fingerprint density at radius 3 is 2.67 bits per heavy atom. The van der Waals surface area contributed by atoms with Gasteiger partial charge in [0.25, 0.3) is 0 Å². The van der Waals surface area contributed by atoms with E-state index in [2.05, 4.69) is 26.6 Å². The summed E-state index contributed by atoms with van der Waals surface area (Å²) in [5.74, 6) is -1.26. The highest BCUT2D eigenvalue weighted by molar-refractivity contribution is 9.10. The first-order chi connectivity index (χ1) is 8.40. The molecule has 0 heterocycles. The molecule has 0 aliphatic rings. The summed E-state index contributed by atoms with van der Waals surface area (Å²) in [6.45, 7) is 3.37. The summed E-state index contributed by atoms with van der Waals surface area (Å²) in [7, 11) is 0. The van der Waals surface area contributed by atoms with E-state index in [1.54, 1.807) is 6.07 Å². The van der Waals surface area contributed by atoms with Gasteiger partial charge in [-0.15, -0.1) is 0 Å². The SMILES string of the molecule is Cc1cc(NC(=O)CN[C@@H](C)C(=O)O)ccc1Br. The Hall–Kier alpha value is -1.40. The summed E-state index contributed by atoms with van der Waals surface area (Å²) in [6.07, 6.45) is 0. The van der Waals surface area contributed by atoms with Gasteiger partial charge in [0.1, 0.15) is 6.04 Å². The Morgan fingerprint density at radius 1 is 1.44 bits per heavy atom. The molecule has 1 aromatic carbocycles. The number of aliphatic carboxylic acids is 1. The molecule has 0 bridgehead atoms. The number of halogens is 1. The van der Waals surface area contributed by atoms with Crippen molar-refractivity contribution in [2.75, 3.05) is 11.9 Å². The van der Waals surface area contributed by atoms with Gasteiger partial charge in [-0.1, -0.05) is 15.9 Å². The van der Waals surface area contributed by atoms with Crippen molar-refractivity contribution in [3.05, 3.63) is 28.2 Å². The molecule has 0 saturated heterocycles. The summed E-state index contributed by atoms with van der Waals surface area (Å²) in [5, 5.41) is 13.9. The molecule has 1 rings (SSSR count). The zero-order valence-electron chi connectivity index (χ0n) is 10.2. The molecule has 1 atom stereocenters. The zero-order chi connectivity index (χ0) is 13.7. The van der Waals surface area contributed by atoms with Gasteiger partial charge in [0.15, 0.2) is 0 Å². The Balaban J connectivity index is 2.49. The molecule has 3 N–H and O–H groups in total. The highest BCUT2D eigenvalue weighted by Gasteiger charge is 2.11. The molecule has 0 saturated carbocycles. The van der Waals surface area contributed by atoms with Gasteiger partial charge >= 0.3 is 5.97 Å². The maximum atomic E-state index is 11.6. The van der Waals surface area contributed by atoms with E-state index in [-0.39, 0.29) is 12.5 Å². The second-order valence-electron chi connectivity index (χ2n) is 3.95. The predicted octanol–water partition coefficient (Wildman–Crippen LogP) is 1.76. The summed E-state index contributed by atoms with van der Waals surface area (Å²) < 4.78 is 0.970. The lowest BCUT2D eigenvalue weighted by atomic mass is 10.2. The largest absolute Gasteiger partial charge is 0.480 e. The second-order valence-corrected chi connectivity index (χ2v) is 4.81. The van der Waals surface area contributed by atoms with Gasteiger partial charge in [0.2, 0.25) is 5.91 Å². The number of nitrogens with one attached hydrogen (secondary N) is 2. The van der Waals surface area contributed by atoms with Gasteiger partial charge in [0, 0.05) is 10.2 Å². The number of carboxylic acids is 1. The van der Waals surface area contributed by atoms with Crippen molar-refractivity contribution in [3.8, 4) is 0 Å². The van der Waals surface area contributed by atoms with Crippen molar-refractivity contribution in [2.45, 2.75) is 19.9 Å². The molecule has 0 aliphatic carbocycles. The van der Waals surface area contributed by atoms with Crippen LogP contribution in [0, 0.1) is 6.92 Å². The van der Waals surface area contributed by atoms with E-state index in [0.717, 1.165) is 10.0 Å². The third kappa shape index (κ3) is 4.46. The summed E-state index contributed by atoms with van der Waals surface area (Å²) in [6, 6.07) is 4.71. The third-order valence-electron chi connectivity index (χ3n) is 2.38. The normalized spacial score (nSPS) is 11.9. The van der Waals surface area contributed by atoms with E-state index >= 15 is 0 Å². The minimum Gasteiger partial charge on any atom is -0.480 e. The second kappa shape index (κ2) is 6.51. The number of rotatable bonds is 5. The predicted molar refractivity (Wildman–Crippen MR) is 72.6 cm³/mol. The number of anilines is 1. The fourth-order valence-corrected chi connectivity index (χ4v) is 1.51. The minimum atomic E-state index is -0.984. The van der Waals surface area contributed by atoms with E-state index < -0.39 is 12.0 Å². The Labute approximate surface area is 114 Å². The third-order valence-corrected chi connectivity index (χ3v) is 3.27. The molecule has 0 unspecified atom stereocenters. The van der Waals surface area contributed by atoms with E-state index in [0.29, 0.717) is 5.69 Å². The van der Waals surface area contributed by atoms with Crippen LogP contribution in [-0.4, -0.2) is 29.6 Å². The molecular formula is C12H15BrN2O3. The van der Waals surface area contributed by atoms with Crippen LogP contribution in [0.2, 0.25) is 0 Å². The molecule has 0 aromatic heterocycles. The van der Waals surface area contributed by atoms with Gasteiger partial charge in [0.05, 0.1) is 6.54 Å². The average Bonchev–Trinajstić information content (AvgIpc) is 2.30. The van der Waals surface area contributed by atoms with E-state index in [1.165, 1.54) is 6.92 Å². The number of hydrogen-bond donors (Lipinski definition) is 3. The topological polar surface area (TPSA) is 78.4 Å². The summed E-state index contributed by atoms with van der Waals surface area (Å²) in [4.78, 5) is 22.1. The van der Waals surface area contributed by atoms with Crippen molar-refractivity contribution in [1.29, 1.82) is 0 Å². The summed E-state index contributed by atoms with van der Waals surface area (Å²) >= 11 is 3.37. The monoisotopic (exact) mass is 314 g/mol. The van der Waals surface area contributed by atoms with Crippen LogP contribution in [0.1, 0.15) is 12.5 Å². The molecule has 1 amide bonds. The number of carboxylic acid groups (broad SMARTS) is 1. The van der Waals surface area contributed by atoms with E-state index in [4.69, 9.17) is 5.11 Å². The van der Waals surface area contributed by atoms with Crippen LogP contribution in [-0.2, 0) is 9.59 Å². The average molecular weight is 315 g/mol. The highest BCUT2D eigenvalue weighted by atomic mass is 79.9. The zero-order valence-corrected chi connectivity index (χ0v) is 11.7. The molecule has 18 heavy (non-hydrogen) atoms. The lowest BCUT2D eigenvalue weighted by Gasteiger charge is -2.10.